The van der Waals surface area contributed by atoms with E-state index in [9.17, 15) is 9.59 Å². The fraction of sp³-hybridized carbons (Fsp3) is 0.417. The summed E-state index contributed by atoms with van der Waals surface area (Å²) >= 11 is 0. The summed E-state index contributed by atoms with van der Waals surface area (Å²) < 4.78 is 5.24. The predicted octanol–water partition coefficient (Wildman–Crippen LogP) is 3.17. The molecule has 3 amide bonds. The van der Waals surface area contributed by atoms with Gasteiger partial charge in [-0.15, -0.1) is 0 Å². The summed E-state index contributed by atoms with van der Waals surface area (Å²) in [4.78, 5) is 31.5. The highest BCUT2D eigenvalue weighted by Crippen LogP contribution is 2.23. The Morgan fingerprint density at radius 1 is 0.967 bits per heavy atom. The van der Waals surface area contributed by atoms with Crippen molar-refractivity contribution < 1.29 is 14.3 Å². The molecule has 0 spiro atoms. The van der Waals surface area contributed by atoms with Crippen LogP contribution in [0.1, 0.15) is 24.0 Å². The van der Waals surface area contributed by atoms with Crippen LogP contribution in [-0.4, -0.2) is 66.0 Å². The molecule has 2 aromatic carbocycles. The topological polar surface area (TPSA) is 53.1 Å². The minimum atomic E-state index is 0.125. The molecule has 0 N–H and O–H groups in total. The highest BCUT2D eigenvalue weighted by Gasteiger charge is 2.35. The number of urea groups is 1. The summed E-state index contributed by atoms with van der Waals surface area (Å²) in [6.45, 7) is 3.61. The third-order valence-electron chi connectivity index (χ3n) is 6.09. The first-order valence-corrected chi connectivity index (χ1v) is 10.6. The van der Waals surface area contributed by atoms with Gasteiger partial charge in [0.15, 0.2) is 0 Å². The second-order valence-electron chi connectivity index (χ2n) is 8.02. The molecule has 0 aliphatic carbocycles. The van der Waals surface area contributed by atoms with Crippen LogP contribution in [0.25, 0.3) is 0 Å². The van der Waals surface area contributed by atoms with E-state index in [2.05, 4.69) is 12.1 Å². The molecule has 2 fully saturated rings. The number of carbonyl (C=O) groups is 2. The summed E-state index contributed by atoms with van der Waals surface area (Å²) in [6.07, 6.45) is 2.07. The zero-order valence-electron chi connectivity index (χ0n) is 17.5. The van der Waals surface area contributed by atoms with Crippen LogP contribution < -0.4 is 4.74 Å². The van der Waals surface area contributed by atoms with Gasteiger partial charge in [-0.25, -0.2) is 4.79 Å². The number of ether oxygens (including phenoxy) is 1. The Hall–Kier alpha value is -3.02. The number of benzene rings is 2. The summed E-state index contributed by atoms with van der Waals surface area (Å²) in [5.41, 5.74) is 2.12. The molecule has 6 nitrogen and oxygen atoms in total. The molecule has 0 unspecified atom stereocenters. The number of rotatable bonds is 6. The first kappa shape index (κ1) is 20.3. The van der Waals surface area contributed by atoms with Crippen LogP contribution in [-0.2, 0) is 17.8 Å². The van der Waals surface area contributed by atoms with E-state index in [0.717, 1.165) is 42.8 Å². The number of nitrogens with zero attached hydrogens (tertiary/aromatic N) is 3. The average Bonchev–Trinajstić information content (AvgIpc) is 3.14. The molecule has 4 rings (SSSR count). The van der Waals surface area contributed by atoms with Crippen LogP contribution in [0.4, 0.5) is 4.79 Å². The number of piperidine rings is 1. The van der Waals surface area contributed by atoms with Gasteiger partial charge in [0.05, 0.1) is 13.5 Å². The van der Waals surface area contributed by atoms with Gasteiger partial charge in [-0.1, -0.05) is 42.5 Å². The fourth-order valence-corrected chi connectivity index (χ4v) is 4.39. The number of methoxy groups -OCH3 is 1. The third kappa shape index (κ3) is 4.58. The third-order valence-corrected chi connectivity index (χ3v) is 6.09. The Bertz CT molecular complexity index is 878. The van der Waals surface area contributed by atoms with E-state index in [1.165, 1.54) is 0 Å². The van der Waals surface area contributed by atoms with Gasteiger partial charge >= 0.3 is 6.03 Å². The summed E-state index contributed by atoms with van der Waals surface area (Å²) in [7, 11) is 1.63. The average molecular weight is 408 g/mol. The molecular weight excluding hydrogens is 378 g/mol. The molecule has 2 saturated heterocycles. The molecule has 0 aromatic heterocycles. The molecule has 0 radical (unpaired) electrons. The smallest absolute Gasteiger partial charge is 0.320 e. The van der Waals surface area contributed by atoms with Crippen LogP contribution in [0.5, 0.6) is 5.75 Å². The molecule has 2 aliphatic rings. The van der Waals surface area contributed by atoms with E-state index in [4.69, 9.17) is 4.74 Å². The van der Waals surface area contributed by atoms with E-state index in [-0.39, 0.29) is 18.0 Å². The highest BCUT2D eigenvalue weighted by molar-refractivity contribution is 5.79. The minimum Gasteiger partial charge on any atom is -0.497 e. The Kier molecular flexibility index (Phi) is 6.21. The molecule has 0 atom stereocenters. The van der Waals surface area contributed by atoms with Gasteiger partial charge in [-0.3, -0.25) is 4.79 Å². The van der Waals surface area contributed by atoms with Crippen molar-refractivity contribution in [1.82, 2.24) is 14.7 Å². The monoisotopic (exact) mass is 407 g/mol. The number of likely N-dealkylation sites (tertiary alicyclic amines) is 1. The van der Waals surface area contributed by atoms with Crippen molar-refractivity contribution >= 4 is 11.9 Å². The van der Waals surface area contributed by atoms with E-state index in [0.29, 0.717) is 26.1 Å². The lowest BCUT2D eigenvalue weighted by molar-refractivity contribution is -0.131. The first-order valence-electron chi connectivity index (χ1n) is 10.6. The Morgan fingerprint density at radius 2 is 1.70 bits per heavy atom. The van der Waals surface area contributed by atoms with Gasteiger partial charge in [0.25, 0.3) is 0 Å². The Morgan fingerprint density at radius 3 is 2.43 bits per heavy atom. The second-order valence-corrected chi connectivity index (χ2v) is 8.02. The molecule has 6 heteroatoms. The normalized spacial score (nSPS) is 17.5. The molecule has 0 bridgehead atoms. The lowest BCUT2D eigenvalue weighted by Gasteiger charge is -2.36. The largest absolute Gasteiger partial charge is 0.497 e. The van der Waals surface area contributed by atoms with E-state index < -0.39 is 0 Å². The van der Waals surface area contributed by atoms with Crippen LogP contribution in [0.2, 0.25) is 0 Å². The maximum atomic E-state index is 12.9. The fourth-order valence-electron chi connectivity index (χ4n) is 4.39. The molecule has 2 heterocycles. The quantitative estimate of drug-likeness (QED) is 0.739. The van der Waals surface area contributed by atoms with Crippen molar-refractivity contribution in [3.05, 3.63) is 65.7 Å². The molecule has 30 heavy (non-hydrogen) atoms. The molecule has 2 aromatic rings. The van der Waals surface area contributed by atoms with Crippen molar-refractivity contribution in [2.45, 2.75) is 31.8 Å². The second kappa shape index (κ2) is 9.20. The lowest BCUT2D eigenvalue weighted by Crippen LogP contribution is -2.48. The van der Waals surface area contributed by atoms with Crippen molar-refractivity contribution in [2.75, 3.05) is 33.3 Å². The van der Waals surface area contributed by atoms with Crippen LogP contribution in [0, 0.1) is 0 Å². The molecular formula is C24H29N3O3. The Balaban J connectivity index is 1.28. The number of hydrogen-bond donors (Lipinski definition) is 0. The van der Waals surface area contributed by atoms with E-state index in [1.54, 1.807) is 7.11 Å². The van der Waals surface area contributed by atoms with Crippen molar-refractivity contribution in [3.8, 4) is 5.75 Å². The standard InChI is InChI=1S/C24H29N3O3/c1-30-22-9-5-8-20(16-22)17-23(28)25-12-10-21(11-13-25)27-15-14-26(24(27)29)18-19-6-3-2-4-7-19/h2-9,16,21H,10-15,17-18H2,1H3. The molecule has 2 aliphatic heterocycles. The summed E-state index contributed by atoms with van der Waals surface area (Å²) in [5.74, 6) is 0.909. The van der Waals surface area contributed by atoms with Crippen molar-refractivity contribution in [3.63, 3.8) is 0 Å². The zero-order valence-corrected chi connectivity index (χ0v) is 17.5. The van der Waals surface area contributed by atoms with Gasteiger partial charge in [0, 0.05) is 38.8 Å². The predicted molar refractivity (Wildman–Crippen MR) is 115 cm³/mol. The van der Waals surface area contributed by atoms with Crippen molar-refractivity contribution in [1.29, 1.82) is 0 Å². The molecule has 0 saturated carbocycles. The SMILES string of the molecule is COc1cccc(CC(=O)N2CCC(N3CCN(Cc4ccccc4)C3=O)CC2)c1. The van der Waals surface area contributed by atoms with Crippen LogP contribution >= 0.6 is 0 Å². The maximum absolute atomic E-state index is 12.9. The van der Waals surface area contributed by atoms with Gasteiger partial charge in [-0.2, -0.15) is 0 Å². The summed E-state index contributed by atoms with van der Waals surface area (Å²) in [5, 5.41) is 0. The van der Waals surface area contributed by atoms with Gasteiger partial charge < -0.3 is 19.4 Å². The summed E-state index contributed by atoms with van der Waals surface area (Å²) in [6, 6.07) is 18.1. The number of hydrogen-bond acceptors (Lipinski definition) is 3. The van der Waals surface area contributed by atoms with Crippen LogP contribution in [0.3, 0.4) is 0 Å². The molecule has 158 valence electrons. The van der Waals surface area contributed by atoms with Gasteiger partial charge in [0.1, 0.15) is 5.75 Å². The lowest BCUT2D eigenvalue weighted by atomic mass is 10.0. The van der Waals surface area contributed by atoms with Crippen LogP contribution in [0.15, 0.2) is 54.6 Å². The highest BCUT2D eigenvalue weighted by atomic mass is 16.5. The number of amides is 3. The maximum Gasteiger partial charge on any atom is 0.320 e. The van der Waals surface area contributed by atoms with E-state index in [1.807, 2.05) is 57.2 Å². The van der Waals surface area contributed by atoms with Gasteiger partial charge in [0.2, 0.25) is 5.91 Å². The zero-order chi connectivity index (χ0) is 20.9. The Labute approximate surface area is 178 Å². The first-order chi connectivity index (χ1) is 14.6. The van der Waals surface area contributed by atoms with E-state index >= 15 is 0 Å². The van der Waals surface area contributed by atoms with Gasteiger partial charge in [-0.05, 0) is 36.1 Å². The number of carbonyl (C=O) groups excluding carboxylic acids is 2. The van der Waals surface area contributed by atoms with Crippen molar-refractivity contribution in [2.24, 2.45) is 0 Å². The minimum absolute atomic E-state index is 0.125.